The molecule has 0 aromatic heterocycles. The molecule has 2 aromatic carbocycles. The summed E-state index contributed by atoms with van der Waals surface area (Å²) in [5.41, 5.74) is 0.679. The van der Waals surface area contributed by atoms with Crippen LogP contribution < -0.4 is 9.46 Å². The van der Waals surface area contributed by atoms with Gasteiger partial charge in [-0.3, -0.25) is 0 Å². The summed E-state index contributed by atoms with van der Waals surface area (Å²) in [6.45, 7) is 0.0970. The lowest BCUT2D eigenvalue weighted by Crippen LogP contribution is -2.23. The molecule has 0 atom stereocenters. The maximum atomic E-state index is 12.8. The molecule has 4 nitrogen and oxygen atoms in total. The number of benzene rings is 2. The molecule has 0 saturated heterocycles. The van der Waals surface area contributed by atoms with Crippen LogP contribution in [0.4, 0.5) is 4.39 Å². The number of nitrogens with one attached hydrogen (secondary N) is 1. The minimum Gasteiger partial charge on any atom is -0.497 e. The summed E-state index contributed by atoms with van der Waals surface area (Å²) in [5.74, 6) is 0.110. The third-order valence-corrected chi connectivity index (χ3v) is 4.13. The molecule has 0 aliphatic carbocycles. The zero-order chi connectivity index (χ0) is 14.6. The average molecular weight is 295 g/mol. The van der Waals surface area contributed by atoms with E-state index in [1.165, 1.54) is 43.5 Å². The van der Waals surface area contributed by atoms with E-state index >= 15 is 0 Å². The fourth-order valence-electron chi connectivity index (χ4n) is 1.63. The lowest BCUT2D eigenvalue weighted by Gasteiger charge is -2.08. The lowest BCUT2D eigenvalue weighted by atomic mass is 10.2. The molecule has 2 aromatic rings. The molecule has 1 N–H and O–H groups in total. The first-order valence-electron chi connectivity index (χ1n) is 5.89. The van der Waals surface area contributed by atoms with E-state index in [-0.39, 0.29) is 17.3 Å². The van der Waals surface area contributed by atoms with Crippen LogP contribution in [0.2, 0.25) is 0 Å². The van der Waals surface area contributed by atoms with Crippen molar-refractivity contribution >= 4 is 10.0 Å². The van der Waals surface area contributed by atoms with E-state index in [0.29, 0.717) is 11.3 Å². The minimum absolute atomic E-state index is 0.0970. The van der Waals surface area contributed by atoms with Gasteiger partial charge in [0, 0.05) is 12.6 Å². The predicted octanol–water partition coefficient (Wildman–Crippen LogP) is 2.31. The zero-order valence-electron chi connectivity index (χ0n) is 10.8. The molecular weight excluding hydrogens is 281 g/mol. The first kappa shape index (κ1) is 14.5. The summed E-state index contributed by atoms with van der Waals surface area (Å²) in [6.07, 6.45) is 0. The monoisotopic (exact) mass is 295 g/mol. The second-order valence-corrected chi connectivity index (χ2v) is 5.90. The Hall–Kier alpha value is -1.92. The van der Waals surface area contributed by atoms with Gasteiger partial charge in [0.1, 0.15) is 11.6 Å². The maximum Gasteiger partial charge on any atom is 0.241 e. The minimum atomic E-state index is -3.62. The number of rotatable bonds is 5. The average Bonchev–Trinajstić information content (AvgIpc) is 2.47. The van der Waals surface area contributed by atoms with E-state index in [1.54, 1.807) is 12.1 Å². The van der Waals surface area contributed by atoms with Crippen LogP contribution >= 0.6 is 0 Å². The molecule has 0 spiro atoms. The SMILES string of the molecule is COc1cccc(S(=O)(=O)NCc2ccc(F)cc2)c1. The van der Waals surface area contributed by atoms with E-state index in [0.717, 1.165) is 0 Å². The quantitative estimate of drug-likeness (QED) is 0.921. The van der Waals surface area contributed by atoms with Gasteiger partial charge >= 0.3 is 0 Å². The van der Waals surface area contributed by atoms with Crippen LogP contribution in [0.5, 0.6) is 5.75 Å². The summed E-state index contributed by atoms with van der Waals surface area (Å²) in [6, 6.07) is 11.8. The van der Waals surface area contributed by atoms with Crippen LogP contribution in [-0.4, -0.2) is 15.5 Å². The van der Waals surface area contributed by atoms with Crippen molar-refractivity contribution in [1.29, 1.82) is 0 Å². The van der Waals surface area contributed by atoms with Crippen LogP contribution in [0.15, 0.2) is 53.4 Å². The van der Waals surface area contributed by atoms with Gasteiger partial charge in [-0.1, -0.05) is 18.2 Å². The van der Waals surface area contributed by atoms with Gasteiger partial charge in [-0.15, -0.1) is 0 Å². The molecule has 0 fully saturated rings. The van der Waals surface area contributed by atoms with Crippen LogP contribution in [0.3, 0.4) is 0 Å². The Kier molecular flexibility index (Phi) is 4.36. The van der Waals surface area contributed by atoms with E-state index in [2.05, 4.69) is 4.72 Å². The van der Waals surface area contributed by atoms with Gasteiger partial charge in [0.25, 0.3) is 0 Å². The first-order chi connectivity index (χ1) is 9.51. The molecule has 20 heavy (non-hydrogen) atoms. The van der Waals surface area contributed by atoms with Crippen LogP contribution in [0, 0.1) is 5.82 Å². The fourth-order valence-corrected chi connectivity index (χ4v) is 2.68. The number of halogens is 1. The summed E-state index contributed by atoms with van der Waals surface area (Å²) in [5, 5.41) is 0. The maximum absolute atomic E-state index is 12.8. The van der Waals surface area contributed by atoms with Crippen LogP contribution in [-0.2, 0) is 16.6 Å². The van der Waals surface area contributed by atoms with Gasteiger partial charge in [0.15, 0.2) is 0 Å². The topological polar surface area (TPSA) is 55.4 Å². The number of methoxy groups -OCH3 is 1. The number of sulfonamides is 1. The van der Waals surface area contributed by atoms with Crippen LogP contribution in [0.1, 0.15) is 5.56 Å². The van der Waals surface area contributed by atoms with Crippen molar-refractivity contribution in [2.45, 2.75) is 11.4 Å². The summed E-state index contributed by atoms with van der Waals surface area (Å²) in [4.78, 5) is 0.124. The van der Waals surface area contributed by atoms with Crippen molar-refractivity contribution in [2.24, 2.45) is 0 Å². The van der Waals surface area contributed by atoms with Gasteiger partial charge in [-0.25, -0.2) is 17.5 Å². The Balaban J connectivity index is 2.12. The standard InChI is InChI=1S/C14H14FNO3S/c1-19-13-3-2-4-14(9-13)20(17,18)16-10-11-5-7-12(15)8-6-11/h2-9,16H,10H2,1H3. The van der Waals surface area contributed by atoms with Gasteiger partial charge in [0.2, 0.25) is 10.0 Å². The second kappa shape index (κ2) is 6.02. The van der Waals surface area contributed by atoms with E-state index in [4.69, 9.17) is 4.74 Å². The highest BCUT2D eigenvalue weighted by molar-refractivity contribution is 7.89. The van der Waals surface area contributed by atoms with E-state index < -0.39 is 10.0 Å². The largest absolute Gasteiger partial charge is 0.497 e. The highest BCUT2D eigenvalue weighted by Crippen LogP contribution is 2.17. The molecule has 0 radical (unpaired) electrons. The molecule has 0 saturated carbocycles. The molecule has 0 aliphatic heterocycles. The van der Waals surface area contributed by atoms with Gasteiger partial charge in [-0.2, -0.15) is 0 Å². The molecule has 106 valence electrons. The summed E-state index contributed by atoms with van der Waals surface area (Å²) < 4.78 is 44.4. The highest BCUT2D eigenvalue weighted by atomic mass is 32.2. The Morgan fingerprint density at radius 3 is 2.50 bits per heavy atom. The Bertz CT molecular complexity index is 684. The number of hydrogen-bond donors (Lipinski definition) is 1. The molecule has 2 rings (SSSR count). The van der Waals surface area contributed by atoms with Gasteiger partial charge in [-0.05, 0) is 29.8 Å². The molecule has 0 bridgehead atoms. The van der Waals surface area contributed by atoms with Crippen LogP contribution in [0.25, 0.3) is 0 Å². The highest BCUT2D eigenvalue weighted by Gasteiger charge is 2.14. The number of ether oxygens (including phenoxy) is 1. The molecular formula is C14H14FNO3S. The van der Waals surface area contributed by atoms with Crippen molar-refractivity contribution in [1.82, 2.24) is 4.72 Å². The Labute approximate surface area is 117 Å². The third-order valence-electron chi connectivity index (χ3n) is 2.73. The zero-order valence-corrected chi connectivity index (χ0v) is 11.7. The molecule has 6 heteroatoms. The lowest BCUT2D eigenvalue weighted by molar-refractivity contribution is 0.413. The molecule has 0 unspecified atom stereocenters. The van der Waals surface area contributed by atoms with E-state index in [1.807, 2.05) is 0 Å². The van der Waals surface area contributed by atoms with Crippen molar-refractivity contribution in [2.75, 3.05) is 7.11 Å². The second-order valence-electron chi connectivity index (χ2n) is 4.13. The van der Waals surface area contributed by atoms with Crippen molar-refractivity contribution < 1.29 is 17.5 Å². The molecule has 0 amide bonds. The van der Waals surface area contributed by atoms with Crippen molar-refractivity contribution in [3.63, 3.8) is 0 Å². The van der Waals surface area contributed by atoms with E-state index in [9.17, 15) is 12.8 Å². The Morgan fingerprint density at radius 2 is 1.85 bits per heavy atom. The normalized spacial score (nSPS) is 11.3. The molecule has 0 heterocycles. The Morgan fingerprint density at radius 1 is 1.15 bits per heavy atom. The smallest absolute Gasteiger partial charge is 0.241 e. The van der Waals surface area contributed by atoms with Crippen molar-refractivity contribution in [3.05, 3.63) is 59.9 Å². The summed E-state index contributed by atoms with van der Waals surface area (Å²) >= 11 is 0. The first-order valence-corrected chi connectivity index (χ1v) is 7.38. The van der Waals surface area contributed by atoms with Gasteiger partial charge < -0.3 is 4.74 Å². The molecule has 0 aliphatic rings. The van der Waals surface area contributed by atoms with Crippen molar-refractivity contribution in [3.8, 4) is 5.75 Å². The van der Waals surface area contributed by atoms with Gasteiger partial charge in [0.05, 0.1) is 12.0 Å². The third kappa shape index (κ3) is 3.55. The number of hydrogen-bond acceptors (Lipinski definition) is 3. The summed E-state index contributed by atoms with van der Waals surface area (Å²) in [7, 11) is -2.16. The predicted molar refractivity (Wildman–Crippen MR) is 73.4 cm³/mol. The fraction of sp³-hybridized carbons (Fsp3) is 0.143.